The summed E-state index contributed by atoms with van der Waals surface area (Å²) in [5.41, 5.74) is 1.55. The number of rotatable bonds is 8. The zero-order chi connectivity index (χ0) is 10.8. The van der Waals surface area contributed by atoms with Crippen LogP contribution >= 0.6 is 0 Å². The molecule has 0 unspecified atom stereocenters. The van der Waals surface area contributed by atoms with Gasteiger partial charge in [0.05, 0.1) is 0 Å². The van der Waals surface area contributed by atoms with Gasteiger partial charge in [-0.25, -0.2) is 0 Å². The molecule has 1 nitrogen and oxygen atoms in total. The van der Waals surface area contributed by atoms with E-state index in [1.807, 2.05) is 0 Å². The Labute approximate surface area is 90.0 Å². The molecule has 0 atom stereocenters. The van der Waals surface area contributed by atoms with Gasteiger partial charge in [0.15, 0.2) is 0 Å². The van der Waals surface area contributed by atoms with Crippen molar-refractivity contribution in [2.24, 2.45) is 5.92 Å². The quantitative estimate of drug-likeness (QED) is 0.461. The predicted octanol–water partition coefficient (Wildman–Crippen LogP) is 3.76. The van der Waals surface area contributed by atoms with Crippen LogP contribution in [0.3, 0.4) is 0 Å². The molecular weight excluding hydrogens is 170 g/mol. The van der Waals surface area contributed by atoms with Crippen molar-refractivity contribution in [3.8, 4) is 0 Å². The van der Waals surface area contributed by atoms with Gasteiger partial charge in [-0.2, -0.15) is 0 Å². The SMILES string of the molecule is CCCNCCC=C(C)CCC(C)C. The highest BCUT2D eigenvalue weighted by atomic mass is 14.8. The van der Waals surface area contributed by atoms with Gasteiger partial charge in [-0.1, -0.05) is 32.4 Å². The van der Waals surface area contributed by atoms with Crippen LogP contribution in [0.1, 0.15) is 53.4 Å². The van der Waals surface area contributed by atoms with Crippen molar-refractivity contribution in [3.05, 3.63) is 11.6 Å². The van der Waals surface area contributed by atoms with Crippen molar-refractivity contribution in [3.63, 3.8) is 0 Å². The van der Waals surface area contributed by atoms with Crippen LogP contribution in [-0.4, -0.2) is 13.1 Å². The third kappa shape index (κ3) is 9.79. The molecule has 0 amide bonds. The maximum absolute atomic E-state index is 3.41. The molecule has 0 fully saturated rings. The van der Waals surface area contributed by atoms with Gasteiger partial charge >= 0.3 is 0 Å². The Morgan fingerprint density at radius 2 is 2.00 bits per heavy atom. The molecule has 0 saturated carbocycles. The standard InChI is InChI=1S/C13H27N/c1-5-10-14-11-6-7-13(4)9-8-12(2)3/h7,12,14H,5-6,8-11H2,1-4H3. The number of hydrogen-bond acceptors (Lipinski definition) is 1. The van der Waals surface area contributed by atoms with Crippen molar-refractivity contribution in [1.29, 1.82) is 0 Å². The summed E-state index contributed by atoms with van der Waals surface area (Å²) in [6.07, 6.45) is 7.39. The first-order valence-corrected chi connectivity index (χ1v) is 6.03. The van der Waals surface area contributed by atoms with E-state index in [1.54, 1.807) is 5.57 Å². The van der Waals surface area contributed by atoms with E-state index in [-0.39, 0.29) is 0 Å². The fraction of sp³-hybridized carbons (Fsp3) is 0.846. The van der Waals surface area contributed by atoms with E-state index in [9.17, 15) is 0 Å². The van der Waals surface area contributed by atoms with Crippen LogP contribution < -0.4 is 5.32 Å². The van der Waals surface area contributed by atoms with Crippen LogP contribution in [0, 0.1) is 5.92 Å². The molecule has 0 aliphatic rings. The van der Waals surface area contributed by atoms with E-state index in [0.717, 1.165) is 19.0 Å². The van der Waals surface area contributed by atoms with E-state index < -0.39 is 0 Å². The normalized spacial score (nSPS) is 12.5. The lowest BCUT2D eigenvalue weighted by Gasteiger charge is -2.05. The smallest absolute Gasteiger partial charge is 0.00142 e. The molecule has 0 aliphatic carbocycles. The van der Waals surface area contributed by atoms with Gasteiger partial charge < -0.3 is 5.32 Å². The van der Waals surface area contributed by atoms with E-state index in [0.29, 0.717) is 0 Å². The average Bonchev–Trinajstić information content (AvgIpc) is 2.14. The molecule has 0 spiro atoms. The molecule has 1 N–H and O–H groups in total. The summed E-state index contributed by atoms with van der Waals surface area (Å²) in [5, 5.41) is 3.41. The van der Waals surface area contributed by atoms with Crippen LogP contribution in [0.15, 0.2) is 11.6 Å². The summed E-state index contributed by atoms with van der Waals surface area (Å²) in [6, 6.07) is 0. The Balaban J connectivity index is 3.36. The van der Waals surface area contributed by atoms with E-state index in [2.05, 4.69) is 39.1 Å². The van der Waals surface area contributed by atoms with Gasteiger partial charge in [0.1, 0.15) is 0 Å². The Morgan fingerprint density at radius 1 is 1.29 bits per heavy atom. The van der Waals surface area contributed by atoms with Crippen LogP contribution in [0.5, 0.6) is 0 Å². The highest BCUT2D eigenvalue weighted by Gasteiger charge is 1.94. The minimum absolute atomic E-state index is 0.830. The van der Waals surface area contributed by atoms with Gasteiger partial charge in [-0.3, -0.25) is 0 Å². The lowest BCUT2D eigenvalue weighted by atomic mass is 10.0. The third-order valence-corrected chi connectivity index (χ3v) is 2.36. The zero-order valence-corrected chi connectivity index (χ0v) is 10.4. The third-order valence-electron chi connectivity index (χ3n) is 2.36. The molecule has 0 saturated heterocycles. The monoisotopic (exact) mass is 197 g/mol. The van der Waals surface area contributed by atoms with E-state index >= 15 is 0 Å². The van der Waals surface area contributed by atoms with E-state index in [4.69, 9.17) is 0 Å². The summed E-state index contributed by atoms with van der Waals surface area (Å²) in [4.78, 5) is 0. The second kappa shape index (κ2) is 9.26. The lowest BCUT2D eigenvalue weighted by molar-refractivity contribution is 0.583. The molecule has 0 heterocycles. The summed E-state index contributed by atoms with van der Waals surface area (Å²) in [6.45, 7) is 11.3. The molecule has 0 aliphatic heterocycles. The molecule has 0 aromatic rings. The summed E-state index contributed by atoms with van der Waals surface area (Å²) in [7, 11) is 0. The van der Waals surface area contributed by atoms with Crippen molar-refractivity contribution in [1.82, 2.24) is 5.32 Å². The van der Waals surface area contributed by atoms with Crippen LogP contribution in [0.4, 0.5) is 0 Å². The maximum Gasteiger partial charge on any atom is -0.00142 e. The molecule has 1 heteroatoms. The number of allylic oxidation sites excluding steroid dienone is 1. The minimum Gasteiger partial charge on any atom is -0.316 e. The second-order valence-electron chi connectivity index (χ2n) is 4.52. The molecule has 0 aromatic carbocycles. The highest BCUT2D eigenvalue weighted by molar-refractivity contribution is 4.97. The number of nitrogens with one attached hydrogen (secondary N) is 1. The van der Waals surface area contributed by atoms with Gasteiger partial charge in [-0.15, -0.1) is 0 Å². The average molecular weight is 197 g/mol. The molecule has 0 radical (unpaired) electrons. The first kappa shape index (κ1) is 13.7. The Hall–Kier alpha value is -0.300. The molecule has 0 rings (SSSR count). The number of hydrogen-bond donors (Lipinski definition) is 1. The van der Waals surface area contributed by atoms with Gasteiger partial charge in [0.25, 0.3) is 0 Å². The Morgan fingerprint density at radius 3 is 2.57 bits per heavy atom. The first-order valence-electron chi connectivity index (χ1n) is 6.03. The summed E-state index contributed by atoms with van der Waals surface area (Å²) in [5.74, 6) is 0.830. The van der Waals surface area contributed by atoms with Crippen LogP contribution in [-0.2, 0) is 0 Å². The van der Waals surface area contributed by atoms with Crippen molar-refractivity contribution >= 4 is 0 Å². The van der Waals surface area contributed by atoms with Crippen LogP contribution in [0.25, 0.3) is 0 Å². The Kier molecular flexibility index (Phi) is 9.06. The summed E-state index contributed by atoms with van der Waals surface area (Å²) < 4.78 is 0. The molecule has 0 bridgehead atoms. The fourth-order valence-corrected chi connectivity index (χ4v) is 1.34. The molecule has 84 valence electrons. The summed E-state index contributed by atoms with van der Waals surface area (Å²) >= 11 is 0. The molecule has 0 aromatic heterocycles. The van der Waals surface area contributed by atoms with Gasteiger partial charge in [0, 0.05) is 0 Å². The van der Waals surface area contributed by atoms with Crippen molar-refractivity contribution in [2.45, 2.75) is 53.4 Å². The lowest BCUT2D eigenvalue weighted by Crippen LogP contribution is -2.15. The van der Waals surface area contributed by atoms with E-state index in [1.165, 1.54) is 25.7 Å². The Bertz CT molecular complexity index is 147. The second-order valence-corrected chi connectivity index (χ2v) is 4.52. The highest BCUT2D eigenvalue weighted by Crippen LogP contribution is 2.10. The van der Waals surface area contributed by atoms with Crippen LogP contribution in [0.2, 0.25) is 0 Å². The van der Waals surface area contributed by atoms with Crippen molar-refractivity contribution in [2.75, 3.05) is 13.1 Å². The van der Waals surface area contributed by atoms with Gasteiger partial charge in [0.2, 0.25) is 0 Å². The largest absolute Gasteiger partial charge is 0.316 e. The zero-order valence-electron chi connectivity index (χ0n) is 10.4. The minimum atomic E-state index is 0.830. The maximum atomic E-state index is 3.41. The van der Waals surface area contributed by atoms with Gasteiger partial charge in [-0.05, 0) is 51.6 Å². The molecular formula is C13H27N. The topological polar surface area (TPSA) is 12.0 Å². The predicted molar refractivity (Wildman–Crippen MR) is 65.6 cm³/mol. The first-order chi connectivity index (χ1) is 6.66. The van der Waals surface area contributed by atoms with Crippen molar-refractivity contribution < 1.29 is 0 Å². The fourth-order valence-electron chi connectivity index (χ4n) is 1.34. The molecule has 14 heavy (non-hydrogen) atoms.